The summed E-state index contributed by atoms with van der Waals surface area (Å²) in [6, 6.07) is 18.3. The number of carbonyl (C=O) groups excluding carboxylic acids is 2. The van der Waals surface area contributed by atoms with Crippen LogP contribution >= 0.6 is 11.3 Å². The van der Waals surface area contributed by atoms with Crippen LogP contribution in [0.15, 0.2) is 72.1 Å². The summed E-state index contributed by atoms with van der Waals surface area (Å²) in [5, 5.41) is 7.67. The first kappa shape index (κ1) is 17.6. The van der Waals surface area contributed by atoms with Gasteiger partial charge in [-0.15, -0.1) is 11.3 Å². The van der Waals surface area contributed by atoms with Crippen LogP contribution in [0.1, 0.15) is 20.8 Å². The highest BCUT2D eigenvalue weighted by molar-refractivity contribution is 7.10. The molecule has 0 radical (unpaired) electrons. The maximum atomic E-state index is 12.2. The summed E-state index contributed by atoms with van der Waals surface area (Å²) in [7, 11) is 0. The highest BCUT2D eigenvalue weighted by Crippen LogP contribution is 2.20. The second-order valence-electron chi connectivity index (χ2n) is 5.69. The van der Waals surface area contributed by atoms with Gasteiger partial charge in [0.2, 0.25) is 5.91 Å². The lowest BCUT2D eigenvalue weighted by molar-refractivity contribution is -0.111. The van der Waals surface area contributed by atoms with E-state index in [-0.39, 0.29) is 11.8 Å². The van der Waals surface area contributed by atoms with Crippen molar-refractivity contribution in [1.82, 2.24) is 0 Å². The summed E-state index contributed by atoms with van der Waals surface area (Å²) in [5.74, 6) is -0.358. The fourth-order valence-electron chi connectivity index (χ4n) is 2.39. The minimum Gasteiger partial charge on any atom is -0.323 e. The molecule has 0 aliphatic carbocycles. The van der Waals surface area contributed by atoms with Crippen LogP contribution < -0.4 is 10.6 Å². The van der Waals surface area contributed by atoms with E-state index in [1.54, 1.807) is 41.7 Å². The summed E-state index contributed by atoms with van der Waals surface area (Å²) in [5.41, 5.74) is 2.87. The van der Waals surface area contributed by atoms with Gasteiger partial charge in [-0.3, -0.25) is 9.59 Å². The number of amides is 2. The SMILES string of the molecule is Cc1cc(NC(=O)/C=C/c2cccs2)ccc1NC(=O)c1ccccc1. The fraction of sp³-hybridized carbons (Fsp3) is 0.0476. The normalized spacial score (nSPS) is 10.7. The molecule has 0 bridgehead atoms. The van der Waals surface area contributed by atoms with Crippen LogP contribution in [-0.4, -0.2) is 11.8 Å². The molecule has 2 N–H and O–H groups in total. The zero-order chi connectivity index (χ0) is 18.4. The maximum absolute atomic E-state index is 12.2. The molecule has 0 spiro atoms. The third-order valence-corrected chi connectivity index (χ3v) is 4.56. The highest BCUT2D eigenvalue weighted by atomic mass is 32.1. The summed E-state index contributed by atoms with van der Waals surface area (Å²) < 4.78 is 0. The molecular formula is C21H18N2O2S. The van der Waals surface area contributed by atoms with E-state index in [2.05, 4.69) is 10.6 Å². The van der Waals surface area contributed by atoms with Crippen molar-refractivity contribution in [3.63, 3.8) is 0 Å². The van der Waals surface area contributed by atoms with E-state index in [0.29, 0.717) is 16.9 Å². The van der Waals surface area contributed by atoms with E-state index in [4.69, 9.17) is 0 Å². The zero-order valence-electron chi connectivity index (χ0n) is 14.2. The van der Waals surface area contributed by atoms with E-state index in [0.717, 1.165) is 10.4 Å². The molecule has 0 saturated carbocycles. The van der Waals surface area contributed by atoms with Crippen molar-refractivity contribution in [3.8, 4) is 0 Å². The predicted molar refractivity (Wildman–Crippen MR) is 108 cm³/mol. The Morgan fingerprint density at radius 1 is 0.962 bits per heavy atom. The number of hydrogen-bond donors (Lipinski definition) is 2. The zero-order valence-corrected chi connectivity index (χ0v) is 15.0. The first-order valence-corrected chi connectivity index (χ1v) is 8.99. The lowest BCUT2D eigenvalue weighted by Crippen LogP contribution is -2.13. The standard InChI is InChI=1S/C21H18N2O2S/c1-15-14-17(22-20(24)12-10-18-8-5-13-26-18)9-11-19(15)23-21(25)16-6-3-2-4-7-16/h2-14H,1H3,(H,22,24)(H,23,25)/b12-10+. The summed E-state index contributed by atoms with van der Waals surface area (Å²) >= 11 is 1.57. The van der Waals surface area contributed by atoms with Gasteiger partial charge in [-0.25, -0.2) is 0 Å². The Labute approximate surface area is 156 Å². The van der Waals surface area contributed by atoms with Crippen molar-refractivity contribution in [1.29, 1.82) is 0 Å². The molecule has 2 amide bonds. The summed E-state index contributed by atoms with van der Waals surface area (Å²) in [6.45, 7) is 1.89. The Kier molecular flexibility index (Phi) is 5.61. The van der Waals surface area contributed by atoms with E-state index < -0.39 is 0 Å². The average Bonchev–Trinajstić information content (AvgIpc) is 3.16. The number of aryl methyl sites for hydroxylation is 1. The molecule has 0 fully saturated rings. The monoisotopic (exact) mass is 362 g/mol. The van der Waals surface area contributed by atoms with Gasteiger partial charge in [0.1, 0.15) is 0 Å². The van der Waals surface area contributed by atoms with Gasteiger partial charge in [0, 0.05) is 27.9 Å². The van der Waals surface area contributed by atoms with Gasteiger partial charge >= 0.3 is 0 Å². The van der Waals surface area contributed by atoms with Crippen molar-refractivity contribution in [2.75, 3.05) is 10.6 Å². The van der Waals surface area contributed by atoms with Crippen LogP contribution in [0, 0.1) is 6.92 Å². The molecule has 1 heterocycles. The number of thiophene rings is 1. The van der Waals surface area contributed by atoms with Gasteiger partial charge in [-0.2, -0.15) is 0 Å². The van der Waals surface area contributed by atoms with Crippen molar-refractivity contribution in [2.24, 2.45) is 0 Å². The molecule has 4 nitrogen and oxygen atoms in total. The Morgan fingerprint density at radius 2 is 1.77 bits per heavy atom. The molecule has 0 saturated heterocycles. The minimum absolute atomic E-state index is 0.163. The number of anilines is 2. The van der Waals surface area contributed by atoms with Crippen LogP contribution in [0.4, 0.5) is 11.4 Å². The van der Waals surface area contributed by atoms with Gasteiger partial charge in [0.05, 0.1) is 0 Å². The van der Waals surface area contributed by atoms with E-state index in [9.17, 15) is 9.59 Å². The Hall–Kier alpha value is -3.18. The smallest absolute Gasteiger partial charge is 0.255 e. The highest BCUT2D eigenvalue weighted by Gasteiger charge is 2.08. The molecule has 5 heteroatoms. The Bertz CT molecular complexity index is 932. The van der Waals surface area contributed by atoms with Gasteiger partial charge in [0.25, 0.3) is 5.91 Å². The first-order valence-electron chi connectivity index (χ1n) is 8.11. The lowest BCUT2D eigenvalue weighted by atomic mass is 10.1. The third-order valence-electron chi connectivity index (χ3n) is 3.72. The van der Waals surface area contributed by atoms with Crippen molar-refractivity contribution >= 4 is 40.6 Å². The van der Waals surface area contributed by atoms with Crippen LogP contribution in [0.2, 0.25) is 0 Å². The van der Waals surface area contributed by atoms with Crippen molar-refractivity contribution < 1.29 is 9.59 Å². The molecule has 0 aliphatic heterocycles. The first-order chi connectivity index (χ1) is 12.6. The van der Waals surface area contributed by atoms with Gasteiger partial charge < -0.3 is 10.6 Å². The van der Waals surface area contributed by atoms with E-state index >= 15 is 0 Å². The molecule has 0 atom stereocenters. The number of hydrogen-bond acceptors (Lipinski definition) is 3. The van der Waals surface area contributed by atoms with Gasteiger partial charge in [-0.05, 0) is 60.3 Å². The molecule has 3 aromatic rings. The van der Waals surface area contributed by atoms with Crippen LogP contribution in [0.5, 0.6) is 0 Å². The molecule has 0 aliphatic rings. The molecule has 3 rings (SSSR count). The largest absolute Gasteiger partial charge is 0.323 e. The Balaban J connectivity index is 1.64. The number of benzene rings is 2. The molecule has 1 aromatic heterocycles. The third kappa shape index (κ3) is 4.68. The van der Waals surface area contributed by atoms with Gasteiger partial charge in [-0.1, -0.05) is 24.3 Å². The maximum Gasteiger partial charge on any atom is 0.255 e. The van der Waals surface area contributed by atoms with Crippen LogP contribution in [-0.2, 0) is 4.79 Å². The quantitative estimate of drug-likeness (QED) is 0.630. The topological polar surface area (TPSA) is 58.2 Å². The summed E-state index contributed by atoms with van der Waals surface area (Å²) in [4.78, 5) is 25.3. The molecular weight excluding hydrogens is 344 g/mol. The van der Waals surface area contributed by atoms with Crippen LogP contribution in [0.3, 0.4) is 0 Å². The molecule has 2 aromatic carbocycles. The second-order valence-corrected chi connectivity index (χ2v) is 6.67. The Morgan fingerprint density at radius 3 is 2.46 bits per heavy atom. The predicted octanol–water partition coefficient (Wildman–Crippen LogP) is 4.96. The summed E-state index contributed by atoms with van der Waals surface area (Å²) in [6.07, 6.45) is 3.29. The van der Waals surface area contributed by atoms with E-state index in [1.165, 1.54) is 6.08 Å². The number of rotatable bonds is 5. The van der Waals surface area contributed by atoms with Gasteiger partial charge in [0.15, 0.2) is 0 Å². The lowest BCUT2D eigenvalue weighted by Gasteiger charge is -2.10. The molecule has 130 valence electrons. The second kappa shape index (κ2) is 8.27. The van der Waals surface area contributed by atoms with Crippen LogP contribution in [0.25, 0.3) is 6.08 Å². The number of carbonyl (C=O) groups is 2. The molecule has 26 heavy (non-hydrogen) atoms. The number of nitrogens with one attached hydrogen (secondary N) is 2. The molecule has 0 unspecified atom stereocenters. The fourth-order valence-corrected chi connectivity index (χ4v) is 3.01. The minimum atomic E-state index is -0.195. The van der Waals surface area contributed by atoms with Crippen molar-refractivity contribution in [3.05, 3.63) is 88.1 Å². The average molecular weight is 362 g/mol. The van der Waals surface area contributed by atoms with E-state index in [1.807, 2.05) is 48.7 Å². The van der Waals surface area contributed by atoms with Crippen molar-refractivity contribution in [2.45, 2.75) is 6.92 Å².